The van der Waals surface area contributed by atoms with Crippen LogP contribution in [-0.2, 0) is 4.79 Å². The predicted molar refractivity (Wildman–Crippen MR) is 96.4 cm³/mol. The first-order valence-corrected chi connectivity index (χ1v) is 8.55. The molecule has 7 heteroatoms. The summed E-state index contributed by atoms with van der Waals surface area (Å²) in [7, 11) is 1.98. The molecule has 0 aliphatic heterocycles. The number of nitro benzene ring substituents is 1. The van der Waals surface area contributed by atoms with Crippen molar-refractivity contribution in [2.45, 2.75) is 26.3 Å². The normalized spacial score (nSPS) is 12.2. The Balaban J connectivity index is 1.91. The average Bonchev–Trinajstić information content (AvgIpc) is 3.08. The lowest BCUT2D eigenvalue weighted by atomic mass is 10.1. The van der Waals surface area contributed by atoms with Gasteiger partial charge in [0.25, 0.3) is 5.69 Å². The minimum atomic E-state index is -0.467. The molecule has 1 aromatic carbocycles. The first-order chi connectivity index (χ1) is 11.4. The van der Waals surface area contributed by atoms with E-state index in [0.29, 0.717) is 18.7 Å². The second-order valence-electron chi connectivity index (χ2n) is 5.73. The minimum Gasteiger partial charge on any atom is -0.326 e. The van der Waals surface area contributed by atoms with E-state index >= 15 is 0 Å². The molecule has 1 unspecified atom stereocenters. The molecule has 6 nitrogen and oxygen atoms in total. The van der Waals surface area contributed by atoms with Gasteiger partial charge in [-0.25, -0.2) is 0 Å². The summed E-state index contributed by atoms with van der Waals surface area (Å²) >= 11 is 1.70. The Labute approximate surface area is 145 Å². The Morgan fingerprint density at radius 2 is 2.17 bits per heavy atom. The van der Waals surface area contributed by atoms with Gasteiger partial charge in [-0.2, -0.15) is 0 Å². The minimum absolute atomic E-state index is 0.0284. The number of hydrogen-bond acceptors (Lipinski definition) is 5. The number of non-ortho nitro benzene ring substituents is 1. The molecule has 2 rings (SSSR count). The van der Waals surface area contributed by atoms with Crippen molar-refractivity contribution in [3.8, 4) is 0 Å². The van der Waals surface area contributed by atoms with E-state index in [1.165, 1.54) is 17.0 Å². The Kier molecular flexibility index (Phi) is 6.05. The molecule has 1 aromatic heterocycles. The average molecular weight is 347 g/mol. The molecule has 1 atom stereocenters. The molecule has 1 N–H and O–H groups in total. The summed E-state index contributed by atoms with van der Waals surface area (Å²) in [5.41, 5.74) is 1.26. The van der Waals surface area contributed by atoms with Crippen LogP contribution in [0.15, 0.2) is 35.7 Å². The van der Waals surface area contributed by atoms with Crippen LogP contribution in [-0.4, -0.2) is 29.3 Å². The highest BCUT2D eigenvalue weighted by molar-refractivity contribution is 7.10. The maximum Gasteiger partial charge on any atom is 0.271 e. The summed E-state index contributed by atoms with van der Waals surface area (Å²) in [4.78, 5) is 25.9. The zero-order valence-electron chi connectivity index (χ0n) is 14.0. The van der Waals surface area contributed by atoms with Gasteiger partial charge in [0.05, 0.1) is 10.6 Å². The van der Waals surface area contributed by atoms with Gasteiger partial charge in [0.2, 0.25) is 5.91 Å². The summed E-state index contributed by atoms with van der Waals surface area (Å²) in [5, 5.41) is 15.6. The van der Waals surface area contributed by atoms with Crippen LogP contribution in [0.25, 0.3) is 0 Å². The number of benzene rings is 1. The largest absolute Gasteiger partial charge is 0.326 e. The van der Waals surface area contributed by atoms with Crippen molar-refractivity contribution in [2.24, 2.45) is 0 Å². The Morgan fingerprint density at radius 3 is 2.79 bits per heavy atom. The van der Waals surface area contributed by atoms with Gasteiger partial charge < -0.3 is 5.32 Å². The number of hydrogen-bond donors (Lipinski definition) is 1. The third-order valence-electron chi connectivity index (χ3n) is 4.01. The number of amides is 1. The van der Waals surface area contributed by atoms with Gasteiger partial charge in [0.1, 0.15) is 0 Å². The molecule has 0 fully saturated rings. The fourth-order valence-electron chi connectivity index (χ4n) is 2.29. The van der Waals surface area contributed by atoms with Crippen LogP contribution in [0.4, 0.5) is 11.4 Å². The second-order valence-corrected chi connectivity index (χ2v) is 6.71. The van der Waals surface area contributed by atoms with E-state index in [2.05, 4.69) is 23.2 Å². The molecule has 0 saturated heterocycles. The Morgan fingerprint density at radius 1 is 1.42 bits per heavy atom. The maximum atomic E-state index is 12.2. The summed E-state index contributed by atoms with van der Waals surface area (Å²) in [6.45, 7) is 4.53. The summed E-state index contributed by atoms with van der Waals surface area (Å²) in [5.74, 6) is -0.149. The predicted octanol–water partition coefficient (Wildman–Crippen LogP) is 3.99. The molecule has 0 saturated carbocycles. The number of aryl methyl sites for hydroxylation is 1. The number of rotatable bonds is 7. The maximum absolute atomic E-state index is 12.2. The van der Waals surface area contributed by atoms with Crippen LogP contribution in [0, 0.1) is 17.0 Å². The van der Waals surface area contributed by atoms with Crippen LogP contribution in [0.1, 0.15) is 29.8 Å². The SMILES string of the molecule is Cc1ccc([N+](=O)[O-])cc1NC(=O)CCN(C)C(C)c1cccs1. The number of carbonyl (C=O) groups excluding carboxylic acids is 1. The van der Waals surface area contributed by atoms with Crippen molar-refractivity contribution < 1.29 is 9.72 Å². The molecule has 0 aliphatic rings. The standard InChI is InChI=1S/C17H21N3O3S/c1-12-6-7-14(20(22)23)11-15(12)18-17(21)8-9-19(3)13(2)16-5-4-10-24-16/h4-7,10-11,13H,8-9H2,1-3H3,(H,18,21). The summed E-state index contributed by atoms with van der Waals surface area (Å²) in [6.07, 6.45) is 0.328. The quantitative estimate of drug-likeness (QED) is 0.607. The lowest BCUT2D eigenvalue weighted by molar-refractivity contribution is -0.384. The molecular formula is C17H21N3O3S. The lowest BCUT2D eigenvalue weighted by Gasteiger charge is -2.23. The van der Waals surface area contributed by atoms with Crippen molar-refractivity contribution in [3.63, 3.8) is 0 Å². The van der Waals surface area contributed by atoms with Gasteiger partial charge in [-0.15, -0.1) is 11.3 Å². The topological polar surface area (TPSA) is 75.5 Å². The Hall–Kier alpha value is -2.25. The Bertz CT molecular complexity index is 716. The molecule has 0 aliphatic carbocycles. The van der Waals surface area contributed by atoms with E-state index in [4.69, 9.17) is 0 Å². The summed E-state index contributed by atoms with van der Waals surface area (Å²) in [6, 6.07) is 8.81. The van der Waals surface area contributed by atoms with Crippen molar-refractivity contribution in [2.75, 3.05) is 18.9 Å². The number of carbonyl (C=O) groups is 1. The van der Waals surface area contributed by atoms with Gasteiger partial charge >= 0.3 is 0 Å². The van der Waals surface area contributed by atoms with Crippen molar-refractivity contribution in [3.05, 3.63) is 56.3 Å². The smallest absolute Gasteiger partial charge is 0.271 e. The third kappa shape index (κ3) is 4.62. The van der Waals surface area contributed by atoms with Crippen LogP contribution >= 0.6 is 11.3 Å². The fraction of sp³-hybridized carbons (Fsp3) is 0.353. The summed E-state index contributed by atoms with van der Waals surface area (Å²) < 4.78 is 0. The van der Waals surface area contributed by atoms with Gasteiger partial charge in [0.15, 0.2) is 0 Å². The highest BCUT2D eigenvalue weighted by Gasteiger charge is 2.15. The highest BCUT2D eigenvalue weighted by Crippen LogP contribution is 2.24. The van der Waals surface area contributed by atoms with E-state index in [0.717, 1.165) is 5.56 Å². The number of thiophene rings is 1. The molecule has 0 bridgehead atoms. The van der Waals surface area contributed by atoms with Gasteiger partial charge in [0, 0.05) is 36.0 Å². The molecule has 1 amide bonds. The van der Waals surface area contributed by atoms with Crippen LogP contribution in [0.3, 0.4) is 0 Å². The van der Waals surface area contributed by atoms with E-state index in [9.17, 15) is 14.9 Å². The number of nitro groups is 1. The molecule has 24 heavy (non-hydrogen) atoms. The second kappa shape index (κ2) is 8.03. The van der Waals surface area contributed by atoms with Crippen molar-refractivity contribution >= 4 is 28.6 Å². The van der Waals surface area contributed by atoms with Crippen LogP contribution < -0.4 is 5.32 Å². The number of nitrogens with one attached hydrogen (secondary N) is 1. The molecule has 128 valence electrons. The molecule has 0 radical (unpaired) electrons. The molecule has 2 aromatic rings. The van der Waals surface area contributed by atoms with E-state index < -0.39 is 4.92 Å². The fourth-order valence-corrected chi connectivity index (χ4v) is 3.14. The van der Waals surface area contributed by atoms with Gasteiger partial charge in [-0.1, -0.05) is 12.1 Å². The van der Waals surface area contributed by atoms with E-state index in [1.54, 1.807) is 17.4 Å². The first kappa shape index (κ1) is 18.1. The molecule has 0 spiro atoms. The van der Waals surface area contributed by atoms with Gasteiger partial charge in [-0.05, 0) is 37.9 Å². The zero-order valence-corrected chi connectivity index (χ0v) is 14.8. The van der Waals surface area contributed by atoms with Crippen LogP contribution in [0.2, 0.25) is 0 Å². The lowest BCUT2D eigenvalue weighted by Crippen LogP contribution is -2.26. The van der Waals surface area contributed by atoms with Crippen molar-refractivity contribution in [1.29, 1.82) is 0 Å². The highest BCUT2D eigenvalue weighted by atomic mass is 32.1. The number of nitrogens with zero attached hydrogens (tertiary/aromatic N) is 2. The van der Waals surface area contributed by atoms with E-state index in [1.807, 2.05) is 25.4 Å². The van der Waals surface area contributed by atoms with Crippen molar-refractivity contribution in [1.82, 2.24) is 4.90 Å². The zero-order chi connectivity index (χ0) is 17.7. The van der Waals surface area contributed by atoms with Gasteiger partial charge in [-0.3, -0.25) is 19.8 Å². The number of anilines is 1. The molecule has 1 heterocycles. The van der Waals surface area contributed by atoms with E-state index in [-0.39, 0.29) is 17.6 Å². The monoisotopic (exact) mass is 347 g/mol. The molecular weight excluding hydrogens is 326 g/mol. The third-order valence-corrected chi connectivity index (χ3v) is 5.06. The van der Waals surface area contributed by atoms with Crippen LogP contribution in [0.5, 0.6) is 0 Å². The first-order valence-electron chi connectivity index (χ1n) is 7.67.